The van der Waals surface area contributed by atoms with Gasteiger partial charge >= 0.3 is 12.1 Å². The Bertz CT molecular complexity index is 401. The summed E-state index contributed by atoms with van der Waals surface area (Å²) in [5.41, 5.74) is 0.507. The van der Waals surface area contributed by atoms with Crippen molar-refractivity contribution in [1.82, 2.24) is 0 Å². The zero-order chi connectivity index (χ0) is 12.1. The van der Waals surface area contributed by atoms with Gasteiger partial charge in [-0.2, -0.15) is 0 Å². The monoisotopic (exact) mass is 223 g/mol. The van der Waals surface area contributed by atoms with Crippen LogP contribution in [0.2, 0.25) is 0 Å². The molecule has 0 unspecified atom stereocenters. The van der Waals surface area contributed by atoms with Gasteiger partial charge in [-0.05, 0) is 32.0 Å². The Morgan fingerprint density at radius 2 is 2.06 bits per heavy atom. The number of anilines is 1. The lowest BCUT2D eigenvalue weighted by Gasteiger charge is -2.09. The fraction of sp³-hybridized carbons (Fsp3) is 0.273. The number of benzene rings is 1. The zero-order valence-electron chi connectivity index (χ0n) is 9.06. The van der Waals surface area contributed by atoms with E-state index in [0.717, 1.165) is 0 Å². The lowest BCUT2D eigenvalue weighted by Crippen LogP contribution is -2.18. The highest BCUT2D eigenvalue weighted by molar-refractivity contribution is 5.91. The predicted octanol–water partition coefficient (Wildman–Crippen LogP) is 2.34. The summed E-state index contributed by atoms with van der Waals surface area (Å²) < 4.78 is 4.86. The molecule has 0 aliphatic rings. The van der Waals surface area contributed by atoms with Crippen LogP contribution < -0.4 is 5.32 Å². The van der Waals surface area contributed by atoms with Crippen LogP contribution in [-0.2, 0) is 4.74 Å². The van der Waals surface area contributed by atoms with E-state index in [1.165, 1.54) is 12.1 Å². The van der Waals surface area contributed by atoms with Crippen LogP contribution in [0.5, 0.6) is 0 Å². The molecule has 0 aromatic heterocycles. The van der Waals surface area contributed by atoms with Crippen molar-refractivity contribution in [2.45, 2.75) is 20.0 Å². The van der Waals surface area contributed by atoms with E-state index in [2.05, 4.69) is 5.32 Å². The van der Waals surface area contributed by atoms with Crippen molar-refractivity contribution < 1.29 is 19.4 Å². The molecule has 0 radical (unpaired) electrons. The molecule has 0 spiro atoms. The van der Waals surface area contributed by atoms with Crippen molar-refractivity contribution in [2.24, 2.45) is 0 Å². The number of carboxylic acid groups (broad SMARTS) is 1. The molecule has 16 heavy (non-hydrogen) atoms. The van der Waals surface area contributed by atoms with E-state index in [4.69, 9.17) is 9.84 Å². The number of carbonyl (C=O) groups excluding carboxylic acids is 1. The van der Waals surface area contributed by atoms with Crippen molar-refractivity contribution in [3.05, 3.63) is 29.8 Å². The molecule has 5 heteroatoms. The van der Waals surface area contributed by atoms with E-state index in [1.807, 2.05) is 0 Å². The smallest absolute Gasteiger partial charge is 0.411 e. The molecular formula is C11H13NO4. The summed E-state index contributed by atoms with van der Waals surface area (Å²) >= 11 is 0. The third-order valence-corrected chi connectivity index (χ3v) is 1.70. The first-order valence-corrected chi connectivity index (χ1v) is 4.80. The van der Waals surface area contributed by atoms with Crippen LogP contribution in [0.4, 0.5) is 10.5 Å². The highest BCUT2D eigenvalue weighted by Gasteiger charge is 2.07. The van der Waals surface area contributed by atoms with Crippen molar-refractivity contribution >= 4 is 17.7 Å². The lowest BCUT2D eigenvalue weighted by molar-refractivity contribution is 0.0696. The number of hydrogen-bond acceptors (Lipinski definition) is 3. The molecule has 1 amide bonds. The molecule has 0 saturated carbocycles. The molecule has 0 aliphatic carbocycles. The van der Waals surface area contributed by atoms with Gasteiger partial charge in [0.25, 0.3) is 0 Å². The van der Waals surface area contributed by atoms with Crippen LogP contribution in [0, 0.1) is 0 Å². The first-order valence-electron chi connectivity index (χ1n) is 4.80. The van der Waals surface area contributed by atoms with Crippen molar-refractivity contribution in [2.75, 3.05) is 5.32 Å². The van der Waals surface area contributed by atoms with Crippen LogP contribution in [-0.4, -0.2) is 23.3 Å². The zero-order valence-corrected chi connectivity index (χ0v) is 9.06. The van der Waals surface area contributed by atoms with Crippen LogP contribution >= 0.6 is 0 Å². The number of hydrogen-bond donors (Lipinski definition) is 2. The SMILES string of the molecule is CC(C)OC(=O)Nc1cccc(C(=O)O)c1. The molecule has 0 saturated heterocycles. The minimum absolute atomic E-state index is 0.113. The molecule has 0 fully saturated rings. The summed E-state index contributed by atoms with van der Waals surface area (Å²) in [5.74, 6) is -1.04. The van der Waals surface area contributed by atoms with Gasteiger partial charge in [-0.15, -0.1) is 0 Å². The van der Waals surface area contributed by atoms with Crippen LogP contribution in [0.3, 0.4) is 0 Å². The van der Waals surface area contributed by atoms with E-state index in [1.54, 1.807) is 26.0 Å². The Hall–Kier alpha value is -2.04. The average Bonchev–Trinajstić information content (AvgIpc) is 2.16. The molecule has 0 bridgehead atoms. The molecule has 5 nitrogen and oxygen atoms in total. The molecule has 86 valence electrons. The minimum atomic E-state index is -1.04. The van der Waals surface area contributed by atoms with E-state index in [9.17, 15) is 9.59 Å². The van der Waals surface area contributed by atoms with E-state index in [-0.39, 0.29) is 11.7 Å². The highest BCUT2D eigenvalue weighted by atomic mass is 16.6. The summed E-state index contributed by atoms with van der Waals surface area (Å²) in [5, 5.41) is 11.2. The average molecular weight is 223 g/mol. The number of ether oxygens (including phenoxy) is 1. The lowest BCUT2D eigenvalue weighted by atomic mass is 10.2. The van der Waals surface area contributed by atoms with Crippen LogP contribution in [0.1, 0.15) is 24.2 Å². The fourth-order valence-electron chi connectivity index (χ4n) is 1.09. The van der Waals surface area contributed by atoms with Gasteiger partial charge < -0.3 is 9.84 Å². The fourth-order valence-corrected chi connectivity index (χ4v) is 1.09. The maximum atomic E-state index is 11.2. The van der Waals surface area contributed by atoms with Crippen LogP contribution in [0.25, 0.3) is 0 Å². The summed E-state index contributed by atoms with van der Waals surface area (Å²) in [4.78, 5) is 21.9. The molecular weight excluding hydrogens is 210 g/mol. The van der Waals surface area contributed by atoms with Gasteiger partial charge in [0.05, 0.1) is 11.7 Å². The normalized spacial score (nSPS) is 9.94. The van der Waals surface area contributed by atoms with Gasteiger partial charge in [0.1, 0.15) is 0 Å². The molecule has 1 rings (SSSR count). The highest BCUT2D eigenvalue weighted by Crippen LogP contribution is 2.11. The largest absolute Gasteiger partial charge is 0.478 e. The maximum Gasteiger partial charge on any atom is 0.411 e. The molecule has 0 aliphatic heterocycles. The molecule has 0 heterocycles. The third kappa shape index (κ3) is 3.61. The Morgan fingerprint density at radius 1 is 1.38 bits per heavy atom. The number of carboxylic acids is 1. The summed E-state index contributed by atoms with van der Waals surface area (Å²) in [7, 11) is 0. The number of amides is 1. The minimum Gasteiger partial charge on any atom is -0.478 e. The molecule has 0 atom stereocenters. The summed E-state index contributed by atoms with van der Waals surface area (Å²) in [6.07, 6.45) is -0.819. The number of aromatic carboxylic acids is 1. The third-order valence-electron chi connectivity index (χ3n) is 1.70. The second-order valence-electron chi connectivity index (χ2n) is 3.47. The number of carbonyl (C=O) groups is 2. The van der Waals surface area contributed by atoms with Crippen LogP contribution in [0.15, 0.2) is 24.3 Å². The first kappa shape index (κ1) is 12.0. The molecule has 1 aromatic carbocycles. The van der Waals surface area contributed by atoms with E-state index < -0.39 is 12.1 Å². The second kappa shape index (κ2) is 5.16. The maximum absolute atomic E-state index is 11.2. The van der Waals surface area contributed by atoms with E-state index >= 15 is 0 Å². The van der Waals surface area contributed by atoms with Gasteiger partial charge in [0.2, 0.25) is 0 Å². The second-order valence-corrected chi connectivity index (χ2v) is 3.47. The number of rotatable bonds is 3. The first-order chi connectivity index (χ1) is 7.49. The van der Waals surface area contributed by atoms with Crippen molar-refractivity contribution in [3.8, 4) is 0 Å². The summed E-state index contributed by atoms with van der Waals surface area (Å²) in [6.45, 7) is 3.46. The van der Waals surface area contributed by atoms with E-state index in [0.29, 0.717) is 5.69 Å². The quantitative estimate of drug-likeness (QED) is 0.824. The van der Waals surface area contributed by atoms with Crippen molar-refractivity contribution in [3.63, 3.8) is 0 Å². The van der Waals surface area contributed by atoms with Crippen molar-refractivity contribution in [1.29, 1.82) is 0 Å². The molecule has 1 aromatic rings. The standard InChI is InChI=1S/C11H13NO4/c1-7(2)16-11(15)12-9-5-3-4-8(6-9)10(13)14/h3-7H,1-2H3,(H,12,15)(H,13,14). The predicted molar refractivity (Wildman–Crippen MR) is 58.6 cm³/mol. The summed E-state index contributed by atoms with van der Waals surface area (Å²) in [6, 6.07) is 5.95. The topological polar surface area (TPSA) is 75.6 Å². The van der Waals surface area contributed by atoms with Gasteiger partial charge in [-0.1, -0.05) is 6.07 Å². The van der Waals surface area contributed by atoms with Gasteiger partial charge in [-0.3, -0.25) is 5.32 Å². The Kier molecular flexibility index (Phi) is 3.88. The van der Waals surface area contributed by atoms with Gasteiger partial charge in [0, 0.05) is 5.69 Å². The number of nitrogens with one attached hydrogen (secondary N) is 1. The van der Waals surface area contributed by atoms with Gasteiger partial charge in [0.15, 0.2) is 0 Å². The Morgan fingerprint density at radius 3 is 2.62 bits per heavy atom. The Balaban J connectivity index is 2.70. The van der Waals surface area contributed by atoms with Gasteiger partial charge in [-0.25, -0.2) is 9.59 Å². The Labute approximate surface area is 93.0 Å². The molecule has 2 N–H and O–H groups in total.